The Kier molecular flexibility index (Phi) is 4.20. The second kappa shape index (κ2) is 5.43. The van der Waals surface area contributed by atoms with Gasteiger partial charge in [-0.3, -0.25) is 4.79 Å². The maximum atomic E-state index is 13.1. The van der Waals surface area contributed by atoms with Crippen LogP contribution >= 0.6 is 0 Å². The van der Waals surface area contributed by atoms with Crippen molar-refractivity contribution in [1.29, 1.82) is 0 Å². The van der Waals surface area contributed by atoms with Gasteiger partial charge >= 0.3 is 0 Å². The molecule has 5 heteroatoms. The zero-order chi connectivity index (χ0) is 11.3. The molecule has 0 saturated heterocycles. The first-order valence-electron chi connectivity index (χ1n) is 4.45. The van der Waals surface area contributed by atoms with Gasteiger partial charge in [-0.15, -0.1) is 0 Å². The Bertz CT molecular complexity index is 344. The van der Waals surface area contributed by atoms with Crippen LogP contribution in [0.15, 0.2) is 24.3 Å². The van der Waals surface area contributed by atoms with Crippen LogP contribution in [-0.4, -0.2) is 25.7 Å². The molecule has 0 spiro atoms. The molecule has 1 aromatic rings. The van der Waals surface area contributed by atoms with Crippen LogP contribution in [0.5, 0.6) is 0 Å². The zero-order valence-corrected chi connectivity index (χ0v) is 8.37. The van der Waals surface area contributed by atoms with Gasteiger partial charge in [0.1, 0.15) is 11.9 Å². The van der Waals surface area contributed by atoms with Gasteiger partial charge in [-0.1, -0.05) is 12.1 Å². The summed E-state index contributed by atoms with van der Waals surface area (Å²) >= 11 is 0. The van der Waals surface area contributed by atoms with Crippen molar-refractivity contribution in [3.63, 3.8) is 0 Å². The molecule has 3 N–H and O–H groups in total. The van der Waals surface area contributed by atoms with Gasteiger partial charge in [-0.2, -0.15) is 0 Å². The lowest BCUT2D eigenvalue weighted by Gasteiger charge is -2.11. The van der Waals surface area contributed by atoms with Crippen LogP contribution in [0.2, 0.25) is 0 Å². The van der Waals surface area contributed by atoms with Gasteiger partial charge in [-0.25, -0.2) is 4.39 Å². The van der Waals surface area contributed by atoms with Crippen LogP contribution in [0, 0.1) is 5.82 Å². The summed E-state index contributed by atoms with van der Waals surface area (Å²) in [5, 5.41) is 2.38. The second-order valence-electron chi connectivity index (χ2n) is 3.03. The van der Waals surface area contributed by atoms with Crippen molar-refractivity contribution < 1.29 is 13.9 Å². The normalized spacial score (nSPS) is 12.2. The number of amides is 1. The van der Waals surface area contributed by atoms with E-state index in [4.69, 9.17) is 10.5 Å². The van der Waals surface area contributed by atoms with E-state index in [-0.39, 0.29) is 12.3 Å². The Morgan fingerprint density at radius 3 is 2.87 bits per heavy atom. The summed E-state index contributed by atoms with van der Waals surface area (Å²) in [7, 11) is 1.44. The molecule has 0 aliphatic rings. The number of methoxy groups -OCH3 is 1. The molecule has 0 fully saturated rings. The molecule has 1 atom stereocenters. The first kappa shape index (κ1) is 11.6. The highest BCUT2D eigenvalue weighted by atomic mass is 19.1. The Morgan fingerprint density at radius 1 is 1.60 bits per heavy atom. The maximum absolute atomic E-state index is 13.1. The Labute approximate surface area is 87.2 Å². The van der Waals surface area contributed by atoms with E-state index in [9.17, 15) is 9.18 Å². The molecule has 1 aromatic carbocycles. The summed E-state index contributed by atoms with van der Waals surface area (Å²) in [4.78, 5) is 11.4. The SMILES string of the molecule is COCC(N)C(=O)Nc1ccccc1F. The number of halogens is 1. The lowest BCUT2D eigenvalue weighted by Crippen LogP contribution is -2.39. The number of nitrogens with two attached hydrogens (primary N) is 1. The summed E-state index contributed by atoms with van der Waals surface area (Å²) in [6, 6.07) is 5.10. The first-order valence-corrected chi connectivity index (χ1v) is 4.45. The largest absolute Gasteiger partial charge is 0.383 e. The van der Waals surface area contributed by atoms with E-state index in [2.05, 4.69) is 5.32 Å². The molecule has 82 valence electrons. The average Bonchev–Trinajstić information content (AvgIpc) is 2.21. The van der Waals surface area contributed by atoms with E-state index >= 15 is 0 Å². The van der Waals surface area contributed by atoms with Crippen molar-refractivity contribution in [3.05, 3.63) is 30.1 Å². The highest BCUT2D eigenvalue weighted by Gasteiger charge is 2.14. The predicted octanol–water partition coefficient (Wildman–Crippen LogP) is 0.738. The fourth-order valence-corrected chi connectivity index (χ4v) is 1.04. The third-order valence-electron chi connectivity index (χ3n) is 1.81. The van der Waals surface area contributed by atoms with E-state index in [1.54, 1.807) is 12.1 Å². The van der Waals surface area contributed by atoms with Crippen molar-refractivity contribution in [2.45, 2.75) is 6.04 Å². The molecular weight excluding hydrogens is 199 g/mol. The highest BCUT2D eigenvalue weighted by Crippen LogP contribution is 2.12. The van der Waals surface area contributed by atoms with Crippen molar-refractivity contribution in [2.24, 2.45) is 5.73 Å². The number of nitrogens with one attached hydrogen (secondary N) is 1. The standard InChI is InChI=1S/C10H13FN2O2/c1-15-6-8(12)10(14)13-9-5-3-2-4-7(9)11/h2-5,8H,6,12H2,1H3,(H,13,14). The van der Waals surface area contributed by atoms with Gasteiger partial charge in [0.25, 0.3) is 0 Å². The number of anilines is 1. The fourth-order valence-electron chi connectivity index (χ4n) is 1.04. The van der Waals surface area contributed by atoms with Gasteiger partial charge in [0.2, 0.25) is 5.91 Å². The molecule has 0 saturated carbocycles. The van der Waals surface area contributed by atoms with E-state index in [1.807, 2.05) is 0 Å². The van der Waals surface area contributed by atoms with Gasteiger partial charge in [0, 0.05) is 7.11 Å². The zero-order valence-electron chi connectivity index (χ0n) is 8.37. The molecule has 4 nitrogen and oxygen atoms in total. The van der Waals surface area contributed by atoms with E-state index < -0.39 is 17.8 Å². The summed E-state index contributed by atoms with van der Waals surface area (Å²) in [5.74, 6) is -0.961. The molecule has 0 aliphatic carbocycles. The average molecular weight is 212 g/mol. The molecule has 0 radical (unpaired) electrons. The quantitative estimate of drug-likeness (QED) is 0.773. The van der Waals surface area contributed by atoms with Crippen LogP contribution in [0.1, 0.15) is 0 Å². The third kappa shape index (κ3) is 3.30. The minimum absolute atomic E-state index is 0.0975. The minimum Gasteiger partial charge on any atom is -0.383 e. The topological polar surface area (TPSA) is 64.3 Å². The number of para-hydroxylation sites is 1. The number of hydrogen-bond donors (Lipinski definition) is 2. The van der Waals surface area contributed by atoms with Gasteiger partial charge in [-0.05, 0) is 12.1 Å². The molecule has 15 heavy (non-hydrogen) atoms. The number of benzene rings is 1. The highest BCUT2D eigenvalue weighted by molar-refractivity contribution is 5.94. The monoisotopic (exact) mass is 212 g/mol. The number of rotatable bonds is 4. The number of hydrogen-bond acceptors (Lipinski definition) is 3. The molecule has 1 rings (SSSR count). The summed E-state index contributed by atoms with van der Waals surface area (Å²) in [6.45, 7) is 0.0975. The Balaban J connectivity index is 2.62. The van der Waals surface area contributed by atoms with Gasteiger partial charge < -0.3 is 15.8 Å². The van der Waals surface area contributed by atoms with Crippen LogP contribution < -0.4 is 11.1 Å². The van der Waals surface area contributed by atoms with Crippen molar-refractivity contribution in [3.8, 4) is 0 Å². The number of ether oxygens (including phenoxy) is 1. The van der Waals surface area contributed by atoms with Crippen LogP contribution in [0.3, 0.4) is 0 Å². The molecule has 0 aromatic heterocycles. The summed E-state index contributed by atoms with van der Waals surface area (Å²) in [5.41, 5.74) is 5.59. The lowest BCUT2D eigenvalue weighted by molar-refractivity contribution is -0.118. The van der Waals surface area contributed by atoms with Crippen LogP contribution in [0.4, 0.5) is 10.1 Å². The number of carbonyl (C=O) groups is 1. The second-order valence-corrected chi connectivity index (χ2v) is 3.03. The van der Waals surface area contributed by atoms with Gasteiger partial charge in [0.05, 0.1) is 12.3 Å². The maximum Gasteiger partial charge on any atom is 0.243 e. The molecule has 1 amide bonds. The molecule has 1 unspecified atom stereocenters. The molecule has 0 bridgehead atoms. The Morgan fingerprint density at radius 2 is 2.27 bits per heavy atom. The minimum atomic E-state index is -0.797. The lowest BCUT2D eigenvalue weighted by atomic mass is 10.2. The number of carbonyl (C=O) groups excluding carboxylic acids is 1. The predicted molar refractivity (Wildman–Crippen MR) is 54.9 cm³/mol. The van der Waals surface area contributed by atoms with E-state index in [0.717, 1.165) is 0 Å². The third-order valence-corrected chi connectivity index (χ3v) is 1.81. The molecule has 0 aliphatic heterocycles. The van der Waals surface area contributed by atoms with Gasteiger partial charge in [0.15, 0.2) is 0 Å². The van der Waals surface area contributed by atoms with Crippen molar-refractivity contribution in [1.82, 2.24) is 0 Å². The van der Waals surface area contributed by atoms with Crippen molar-refractivity contribution >= 4 is 11.6 Å². The first-order chi connectivity index (χ1) is 7.15. The molecular formula is C10H13FN2O2. The fraction of sp³-hybridized carbons (Fsp3) is 0.300. The van der Waals surface area contributed by atoms with Crippen LogP contribution in [-0.2, 0) is 9.53 Å². The summed E-state index contributed by atoms with van der Waals surface area (Å²) in [6.07, 6.45) is 0. The van der Waals surface area contributed by atoms with Crippen LogP contribution in [0.25, 0.3) is 0 Å². The molecule has 0 heterocycles. The Hall–Kier alpha value is -1.46. The van der Waals surface area contributed by atoms with Crippen molar-refractivity contribution in [2.75, 3.05) is 19.0 Å². The van der Waals surface area contributed by atoms with E-state index in [1.165, 1.54) is 19.2 Å². The van der Waals surface area contributed by atoms with E-state index in [0.29, 0.717) is 0 Å². The summed E-state index contributed by atoms with van der Waals surface area (Å²) < 4.78 is 17.8. The smallest absolute Gasteiger partial charge is 0.243 e.